The average molecular weight is 352 g/mol. The molecule has 0 aliphatic carbocycles. The molecule has 0 saturated heterocycles. The van der Waals surface area contributed by atoms with Crippen LogP contribution < -0.4 is 0 Å². The number of unbranched alkanes of at least 4 members (excludes halogenated alkanes) is 2. The smallest absolute Gasteiger partial charge is 0.434 e. The van der Waals surface area contributed by atoms with Crippen LogP contribution in [0.3, 0.4) is 0 Å². The molecule has 25 heavy (non-hydrogen) atoms. The van der Waals surface area contributed by atoms with Crippen molar-refractivity contribution < 1.29 is 28.5 Å². The molecule has 0 fully saturated rings. The zero-order chi connectivity index (χ0) is 18.3. The van der Waals surface area contributed by atoms with Gasteiger partial charge in [0.2, 0.25) is 0 Å². The quantitative estimate of drug-likeness (QED) is 0.431. The van der Waals surface area contributed by atoms with Crippen molar-refractivity contribution in [2.24, 2.45) is 0 Å². The van der Waals surface area contributed by atoms with Crippen LogP contribution in [0.25, 0.3) is 0 Å². The Morgan fingerprint density at radius 2 is 1.48 bits per heavy atom. The number of benzene rings is 1. The zero-order valence-corrected chi connectivity index (χ0v) is 15.1. The minimum atomic E-state index is -0.755. The lowest BCUT2D eigenvalue weighted by Crippen LogP contribution is -2.28. The molecule has 0 aromatic heterocycles. The van der Waals surface area contributed by atoms with Gasteiger partial charge in [0, 0.05) is 6.42 Å². The van der Waals surface area contributed by atoms with Crippen LogP contribution in [0.1, 0.15) is 45.1 Å². The van der Waals surface area contributed by atoms with Crippen LogP contribution in [0.5, 0.6) is 0 Å². The molecule has 0 radical (unpaired) electrons. The Kier molecular flexibility index (Phi) is 10.9. The van der Waals surface area contributed by atoms with E-state index in [0.717, 1.165) is 31.2 Å². The van der Waals surface area contributed by atoms with Gasteiger partial charge >= 0.3 is 12.3 Å². The third-order valence-electron chi connectivity index (χ3n) is 3.39. The highest BCUT2D eigenvalue weighted by Crippen LogP contribution is 2.09. The molecular weight excluding hydrogens is 324 g/mol. The van der Waals surface area contributed by atoms with Gasteiger partial charge in [-0.3, -0.25) is 0 Å². The summed E-state index contributed by atoms with van der Waals surface area (Å²) < 4.78 is 20.3. The van der Waals surface area contributed by atoms with E-state index in [4.69, 9.17) is 18.9 Å². The number of carbonyl (C=O) groups is 2. The van der Waals surface area contributed by atoms with Crippen LogP contribution in [0, 0.1) is 0 Å². The highest BCUT2D eigenvalue weighted by Gasteiger charge is 2.19. The molecule has 1 atom stereocenters. The van der Waals surface area contributed by atoms with Gasteiger partial charge in [0.05, 0.1) is 13.2 Å². The van der Waals surface area contributed by atoms with E-state index in [0.29, 0.717) is 19.6 Å². The van der Waals surface area contributed by atoms with Crippen LogP contribution in [-0.2, 0) is 25.4 Å². The maximum Gasteiger partial charge on any atom is 0.508 e. The number of ether oxygens (including phenoxy) is 4. The number of carbonyl (C=O) groups excluding carboxylic acids is 2. The summed E-state index contributed by atoms with van der Waals surface area (Å²) in [6.45, 7) is 4.56. The molecule has 1 aromatic carbocycles. The Morgan fingerprint density at radius 1 is 0.880 bits per heavy atom. The Bertz CT molecular complexity index is 488. The summed E-state index contributed by atoms with van der Waals surface area (Å²) in [6.07, 6.45) is 1.69. The second kappa shape index (κ2) is 13.1. The standard InChI is InChI=1S/C19H28O6/c1-3-5-12-22-18(20)24-15-17(14-16-10-8-7-9-11-16)25-19(21)23-13-6-4-2/h7-11,17H,3-6,12-15H2,1-2H3. The first-order chi connectivity index (χ1) is 12.2. The third-order valence-corrected chi connectivity index (χ3v) is 3.39. The van der Waals surface area contributed by atoms with Crippen molar-refractivity contribution >= 4 is 12.3 Å². The molecule has 0 amide bonds. The molecule has 0 saturated carbocycles. The van der Waals surface area contributed by atoms with Gasteiger partial charge in [-0.1, -0.05) is 57.0 Å². The average Bonchev–Trinajstić information content (AvgIpc) is 2.61. The van der Waals surface area contributed by atoms with Crippen LogP contribution >= 0.6 is 0 Å². The van der Waals surface area contributed by atoms with Crippen LogP contribution in [0.15, 0.2) is 30.3 Å². The fourth-order valence-corrected chi connectivity index (χ4v) is 1.98. The molecule has 0 N–H and O–H groups in total. The van der Waals surface area contributed by atoms with Crippen LogP contribution in [0.2, 0.25) is 0 Å². The Morgan fingerprint density at radius 3 is 2.08 bits per heavy atom. The van der Waals surface area contributed by atoms with Gasteiger partial charge in [0.15, 0.2) is 0 Å². The predicted molar refractivity (Wildman–Crippen MR) is 93.5 cm³/mol. The summed E-state index contributed by atoms with van der Waals surface area (Å²) in [5.41, 5.74) is 0.969. The predicted octanol–water partition coefficient (Wildman–Crippen LogP) is 4.50. The number of rotatable bonds is 11. The van der Waals surface area contributed by atoms with Crippen molar-refractivity contribution in [3.8, 4) is 0 Å². The summed E-state index contributed by atoms with van der Waals surface area (Å²) >= 11 is 0. The normalized spacial score (nSPS) is 11.4. The minimum absolute atomic E-state index is 0.0806. The monoisotopic (exact) mass is 352 g/mol. The second-order valence-corrected chi connectivity index (χ2v) is 5.64. The van der Waals surface area contributed by atoms with E-state index in [9.17, 15) is 9.59 Å². The summed E-state index contributed by atoms with van der Waals surface area (Å²) in [5.74, 6) is 0. The molecule has 6 nitrogen and oxygen atoms in total. The minimum Gasteiger partial charge on any atom is -0.434 e. The molecule has 0 bridgehead atoms. The van der Waals surface area contributed by atoms with E-state index in [1.165, 1.54) is 0 Å². The van der Waals surface area contributed by atoms with Crippen molar-refractivity contribution in [1.29, 1.82) is 0 Å². The van der Waals surface area contributed by atoms with Crippen molar-refractivity contribution in [2.45, 2.75) is 52.1 Å². The van der Waals surface area contributed by atoms with Gasteiger partial charge in [-0.05, 0) is 18.4 Å². The lowest BCUT2D eigenvalue weighted by Gasteiger charge is -2.17. The fraction of sp³-hybridized carbons (Fsp3) is 0.579. The van der Waals surface area contributed by atoms with Crippen LogP contribution in [0.4, 0.5) is 9.59 Å². The number of hydrogen-bond donors (Lipinski definition) is 0. The molecule has 1 aromatic rings. The van der Waals surface area contributed by atoms with E-state index in [1.54, 1.807) is 0 Å². The largest absolute Gasteiger partial charge is 0.508 e. The topological polar surface area (TPSA) is 71.1 Å². The van der Waals surface area contributed by atoms with Gasteiger partial charge in [0.1, 0.15) is 12.7 Å². The number of hydrogen-bond acceptors (Lipinski definition) is 6. The van der Waals surface area contributed by atoms with E-state index < -0.39 is 18.4 Å². The first kappa shape index (κ1) is 20.8. The van der Waals surface area contributed by atoms with Crippen LogP contribution in [-0.4, -0.2) is 38.2 Å². The Hall–Kier alpha value is -2.24. The summed E-state index contributed by atoms with van der Waals surface area (Å²) in [4.78, 5) is 23.3. The first-order valence-corrected chi connectivity index (χ1v) is 8.82. The summed E-state index contributed by atoms with van der Waals surface area (Å²) in [6, 6.07) is 9.52. The van der Waals surface area contributed by atoms with Crippen molar-refractivity contribution in [3.63, 3.8) is 0 Å². The lowest BCUT2D eigenvalue weighted by molar-refractivity contribution is -0.0168. The molecule has 0 heterocycles. The fourth-order valence-electron chi connectivity index (χ4n) is 1.98. The molecule has 1 rings (SSSR count). The van der Waals surface area contributed by atoms with E-state index in [1.807, 2.05) is 44.2 Å². The van der Waals surface area contributed by atoms with E-state index in [2.05, 4.69) is 0 Å². The highest BCUT2D eigenvalue weighted by molar-refractivity contribution is 5.61. The molecular formula is C19H28O6. The van der Waals surface area contributed by atoms with E-state index in [-0.39, 0.29) is 6.61 Å². The lowest BCUT2D eigenvalue weighted by atomic mass is 10.1. The Balaban J connectivity index is 2.49. The van der Waals surface area contributed by atoms with E-state index >= 15 is 0 Å². The van der Waals surface area contributed by atoms with Gasteiger partial charge in [-0.25, -0.2) is 9.59 Å². The van der Waals surface area contributed by atoms with Crippen molar-refractivity contribution in [3.05, 3.63) is 35.9 Å². The molecule has 0 spiro atoms. The molecule has 0 aliphatic rings. The maximum absolute atomic E-state index is 11.8. The molecule has 6 heteroatoms. The molecule has 0 aliphatic heterocycles. The first-order valence-electron chi connectivity index (χ1n) is 8.82. The van der Waals surface area contributed by atoms with Gasteiger partial charge in [-0.15, -0.1) is 0 Å². The maximum atomic E-state index is 11.8. The SMILES string of the molecule is CCCCOC(=O)OCC(Cc1ccccc1)OC(=O)OCCCC. The van der Waals surface area contributed by atoms with Crippen molar-refractivity contribution in [2.75, 3.05) is 19.8 Å². The van der Waals surface area contributed by atoms with Gasteiger partial charge in [0.25, 0.3) is 0 Å². The van der Waals surface area contributed by atoms with Crippen molar-refractivity contribution in [1.82, 2.24) is 0 Å². The highest BCUT2D eigenvalue weighted by atomic mass is 16.7. The van der Waals surface area contributed by atoms with Gasteiger partial charge in [-0.2, -0.15) is 0 Å². The molecule has 1 unspecified atom stereocenters. The second-order valence-electron chi connectivity index (χ2n) is 5.64. The summed E-state index contributed by atoms with van der Waals surface area (Å²) in [7, 11) is 0. The summed E-state index contributed by atoms with van der Waals surface area (Å²) in [5, 5.41) is 0. The zero-order valence-electron chi connectivity index (χ0n) is 15.1. The molecule has 140 valence electrons. The third kappa shape index (κ3) is 10.3. The Labute approximate surface area is 149 Å². The van der Waals surface area contributed by atoms with Gasteiger partial charge < -0.3 is 18.9 Å².